The van der Waals surface area contributed by atoms with E-state index in [2.05, 4.69) is 0 Å². The van der Waals surface area contributed by atoms with E-state index in [0.717, 1.165) is 21.2 Å². The van der Waals surface area contributed by atoms with Crippen molar-refractivity contribution >= 4 is 55.9 Å². The van der Waals surface area contributed by atoms with Gasteiger partial charge in [-0.15, -0.1) is 0 Å². The summed E-state index contributed by atoms with van der Waals surface area (Å²) in [5.74, 6) is 0. The molecule has 0 bridgehead atoms. The van der Waals surface area contributed by atoms with E-state index >= 15 is 0 Å². The van der Waals surface area contributed by atoms with E-state index in [4.69, 9.17) is 20.4 Å². The SMILES string of the molecule is O=P(CCCP(=O)(c1ccccc1)c1ccccc1)(c1ccccc1)c1ccccc1.[Cl][Ni][Cl]. The minimum atomic E-state index is -2.81. The van der Waals surface area contributed by atoms with Crippen molar-refractivity contribution in [3.05, 3.63) is 121 Å². The predicted molar refractivity (Wildman–Crippen MR) is 146 cm³/mol. The summed E-state index contributed by atoms with van der Waals surface area (Å²) in [6.07, 6.45) is 1.59. The number of halogens is 2. The Balaban J connectivity index is 0.00000103. The summed E-state index contributed by atoms with van der Waals surface area (Å²) in [7, 11) is 3.77. The summed E-state index contributed by atoms with van der Waals surface area (Å²) in [6, 6.07) is 38.8. The fourth-order valence-corrected chi connectivity index (χ4v) is 9.71. The molecule has 0 N–H and O–H groups in total. The van der Waals surface area contributed by atoms with E-state index in [0.29, 0.717) is 31.4 Å². The summed E-state index contributed by atoms with van der Waals surface area (Å²) in [5.41, 5.74) is 0. The fraction of sp³-hybridized carbons (Fsp3) is 0.111. The van der Waals surface area contributed by atoms with E-state index in [1.54, 1.807) is 0 Å². The van der Waals surface area contributed by atoms with Gasteiger partial charge in [0.15, 0.2) is 0 Å². The Labute approximate surface area is 216 Å². The molecule has 7 heteroatoms. The summed E-state index contributed by atoms with van der Waals surface area (Å²) < 4.78 is 28.6. The van der Waals surface area contributed by atoms with Crippen LogP contribution in [0.1, 0.15) is 6.42 Å². The van der Waals surface area contributed by atoms with Crippen LogP contribution in [0.3, 0.4) is 0 Å². The molecular formula is C27H26Cl2NiO2P2. The zero-order valence-corrected chi connectivity index (χ0v) is 22.7. The van der Waals surface area contributed by atoms with Crippen LogP contribution in [0.2, 0.25) is 0 Å². The van der Waals surface area contributed by atoms with Crippen LogP contribution in [-0.4, -0.2) is 12.3 Å². The van der Waals surface area contributed by atoms with Crippen LogP contribution in [-0.2, 0) is 21.8 Å². The maximum absolute atomic E-state index is 14.3. The molecule has 0 saturated carbocycles. The van der Waals surface area contributed by atoms with Gasteiger partial charge in [-0.05, 0) is 6.42 Å². The molecule has 0 fully saturated rings. The minimum absolute atomic E-state index is 0.491. The van der Waals surface area contributed by atoms with Crippen LogP contribution in [0.5, 0.6) is 0 Å². The molecular weight excluding hydrogens is 548 g/mol. The van der Waals surface area contributed by atoms with Crippen molar-refractivity contribution in [2.45, 2.75) is 6.42 Å². The molecule has 0 aliphatic rings. The van der Waals surface area contributed by atoms with Gasteiger partial charge in [0, 0.05) is 33.5 Å². The third kappa shape index (κ3) is 6.75. The van der Waals surface area contributed by atoms with Crippen LogP contribution in [0, 0.1) is 0 Å². The number of hydrogen-bond acceptors (Lipinski definition) is 2. The zero-order valence-electron chi connectivity index (χ0n) is 18.5. The Hall–Kier alpha value is -1.59. The molecule has 0 atom stereocenters. The van der Waals surface area contributed by atoms with Gasteiger partial charge in [0.25, 0.3) is 0 Å². The van der Waals surface area contributed by atoms with Gasteiger partial charge in [-0.1, -0.05) is 121 Å². The molecule has 0 aromatic heterocycles. The standard InChI is InChI=1S/C27H26O2P2.2ClH.Ni/c28-30(24-14-5-1-6-15-24,25-16-7-2-8-17-25)22-13-23-31(29,26-18-9-3-10-19-26)27-20-11-4-12-21-27;;;/h1-12,14-21H,13,22-23H2;2*1H;/q;;;+2/p-2. The van der Waals surface area contributed by atoms with Crippen molar-refractivity contribution in [1.82, 2.24) is 0 Å². The van der Waals surface area contributed by atoms with Crippen LogP contribution in [0.4, 0.5) is 0 Å². The fourth-order valence-electron chi connectivity index (χ4n) is 4.01. The van der Waals surface area contributed by atoms with Gasteiger partial charge in [-0.2, -0.15) is 0 Å². The van der Waals surface area contributed by atoms with Gasteiger partial charge < -0.3 is 9.13 Å². The second-order valence-electron chi connectivity index (χ2n) is 7.67. The molecule has 180 valence electrons. The monoisotopic (exact) mass is 572 g/mol. The summed E-state index contributed by atoms with van der Waals surface area (Å²) >= 11 is 0.569. The van der Waals surface area contributed by atoms with E-state index in [9.17, 15) is 9.13 Å². The molecule has 0 amide bonds. The molecule has 0 heterocycles. The molecule has 2 nitrogen and oxygen atoms in total. The first-order chi connectivity index (χ1) is 16.5. The van der Waals surface area contributed by atoms with Gasteiger partial charge in [0.05, 0.1) is 0 Å². The van der Waals surface area contributed by atoms with E-state index in [1.165, 1.54) is 0 Å². The van der Waals surface area contributed by atoms with Crippen LogP contribution in [0.15, 0.2) is 121 Å². The van der Waals surface area contributed by atoms with E-state index < -0.39 is 14.3 Å². The Morgan fingerprint density at radius 3 is 0.882 bits per heavy atom. The molecule has 4 aromatic rings. The number of rotatable bonds is 8. The molecule has 0 aliphatic heterocycles. The first kappa shape index (κ1) is 27.0. The Kier molecular flexibility index (Phi) is 10.7. The molecule has 0 aliphatic carbocycles. The first-order valence-electron chi connectivity index (χ1n) is 10.8. The van der Waals surface area contributed by atoms with E-state index in [-0.39, 0.29) is 0 Å². The average Bonchev–Trinajstić information content (AvgIpc) is 2.91. The van der Waals surface area contributed by atoms with Crippen molar-refractivity contribution in [2.75, 3.05) is 12.3 Å². The molecule has 0 radical (unpaired) electrons. The quantitative estimate of drug-likeness (QED) is 0.172. The van der Waals surface area contributed by atoms with Crippen molar-refractivity contribution in [3.8, 4) is 0 Å². The first-order valence-corrected chi connectivity index (χ1v) is 17.3. The second-order valence-corrected chi connectivity index (χ2v) is 15.2. The summed E-state index contributed by atoms with van der Waals surface area (Å²) in [6.45, 7) is 0. The van der Waals surface area contributed by atoms with Gasteiger partial charge in [0.1, 0.15) is 14.3 Å². The van der Waals surface area contributed by atoms with E-state index in [1.807, 2.05) is 121 Å². The molecule has 0 saturated heterocycles. The van der Waals surface area contributed by atoms with Crippen molar-refractivity contribution < 1.29 is 21.8 Å². The van der Waals surface area contributed by atoms with Crippen molar-refractivity contribution in [1.29, 1.82) is 0 Å². The van der Waals surface area contributed by atoms with Gasteiger partial charge in [-0.25, -0.2) is 0 Å². The number of hydrogen-bond donors (Lipinski definition) is 0. The average molecular weight is 574 g/mol. The van der Waals surface area contributed by atoms with Crippen LogP contribution < -0.4 is 21.2 Å². The van der Waals surface area contributed by atoms with Crippen molar-refractivity contribution in [2.24, 2.45) is 0 Å². The number of benzene rings is 4. The van der Waals surface area contributed by atoms with Gasteiger partial charge in [-0.3, -0.25) is 0 Å². The third-order valence-corrected chi connectivity index (χ3v) is 12.1. The predicted octanol–water partition coefficient (Wildman–Crippen LogP) is 6.78. The van der Waals surface area contributed by atoms with Gasteiger partial charge >= 0.3 is 33.0 Å². The molecule has 0 unspecified atom stereocenters. The Bertz CT molecular complexity index is 1040. The molecule has 34 heavy (non-hydrogen) atoms. The molecule has 0 spiro atoms. The van der Waals surface area contributed by atoms with Crippen LogP contribution in [0.25, 0.3) is 0 Å². The molecule has 4 rings (SSSR count). The third-order valence-electron chi connectivity index (χ3n) is 5.64. The zero-order chi connectivity index (χ0) is 24.3. The topological polar surface area (TPSA) is 34.1 Å². The normalized spacial score (nSPS) is 11.5. The Morgan fingerprint density at radius 2 is 0.676 bits per heavy atom. The Morgan fingerprint density at radius 1 is 0.471 bits per heavy atom. The second kappa shape index (κ2) is 13.5. The summed E-state index contributed by atoms with van der Waals surface area (Å²) in [5, 5.41) is 3.43. The summed E-state index contributed by atoms with van der Waals surface area (Å²) in [4.78, 5) is 0. The van der Waals surface area contributed by atoms with Crippen LogP contribution >= 0.6 is 34.7 Å². The van der Waals surface area contributed by atoms with Crippen molar-refractivity contribution in [3.63, 3.8) is 0 Å². The maximum atomic E-state index is 14.3. The molecule has 4 aromatic carbocycles. The van der Waals surface area contributed by atoms with Gasteiger partial charge in [0.2, 0.25) is 0 Å².